The summed E-state index contributed by atoms with van der Waals surface area (Å²) < 4.78 is 16.5. The lowest BCUT2D eigenvalue weighted by Crippen LogP contribution is -2.14. The van der Waals surface area contributed by atoms with E-state index in [2.05, 4.69) is 4.98 Å². The summed E-state index contributed by atoms with van der Waals surface area (Å²) >= 11 is 0. The summed E-state index contributed by atoms with van der Waals surface area (Å²) in [7, 11) is 1.51. The van der Waals surface area contributed by atoms with E-state index in [-0.39, 0.29) is 19.0 Å². The van der Waals surface area contributed by atoms with Crippen LogP contribution in [0.25, 0.3) is 10.9 Å². The minimum Gasteiger partial charge on any atom is -0.493 e. The number of benzene rings is 2. The van der Waals surface area contributed by atoms with E-state index in [1.54, 1.807) is 25.1 Å². The van der Waals surface area contributed by atoms with Crippen molar-refractivity contribution in [2.24, 2.45) is 0 Å². The van der Waals surface area contributed by atoms with Crippen molar-refractivity contribution >= 4 is 22.7 Å². The van der Waals surface area contributed by atoms with Crippen LogP contribution in [0.2, 0.25) is 0 Å². The average molecular weight is 393 g/mol. The van der Waals surface area contributed by atoms with Gasteiger partial charge in [0.2, 0.25) is 0 Å². The molecule has 0 radical (unpaired) electrons. The molecule has 150 valence electrons. The van der Waals surface area contributed by atoms with Crippen LogP contribution in [-0.2, 0) is 11.3 Å². The predicted molar refractivity (Wildman–Crippen MR) is 110 cm³/mol. The quantitative estimate of drug-likeness (QED) is 0.434. The zero-order valence-corrected chi connectivity index (χ0v) is 16.9. The Morgan fingerprint density at radius 2 is 1.83 bits per heavy atom. The summed E-state index contributed by atoms with van der Waals surface area (Å²) in [5.74, 6) is 0.403. The van der Waals surface area contributed by atoms with Crippen LogP contribution >= 0.6 is 0 Å². The molecule has 6 heteroatoms. The lowest BCUT2D eigenvalue weighted by molar-refractivity contribution is 0.0521. The molecule has 0 N–H and O–H groups in total. The minimum atomic E-state index is -0.430. The molecule has 29 heavy (non-hydrogen) atoms. The summed E-state index contributed by atoms with van der Waals surface area (Å²) in [6, 6.07) is 12.6. The number of hydrogen-bond acceptors (Lipinski definition) is 6. The molecule has 0 saturated carbocycles. The van der Waals surface area contributed by atoms with Gasteiger partial charge in [-0.1, -0.05) is 18.2 Å². The van der Waals surface area contributed by atoms with Gasteiger partial charge in [-0.2, -0.15) is 0 Å². The Labute approximate surface area is 169 Å². The van der Waals surface area contributed by atoms with Crippen LogP contribution in [0.1, 0.15) is 45.8 Å². The Bertz CT molecular complexity index is 1070. The average Bonchev–Trinajstić information content (AvgIpc) is 2.72. The number of ketones is 1. The summed E-state index contributed by atoms with van der Waals surface area (Å²) in [6.45, 7) is 5.45. The molecule has 0 aliphatic carbocycles. The molecular weight excluding hydrogens is 370 g/mol. The number of carbonyl (C=O) groups is 2. The highest BCUT2D eigenvalue weighted by Crippen LogP contribution is 2.30. The fraction of sp³-hybridized carbons (Fsp3) is 0.261. The maximum Gasteiger partial charge on any atom is 0.340 e. The first kappa shape index (κ1) is 20.3. The number of aryl methyl sites for hydroxylation is 1. The van der Waals surface area contributed by atoms with E-state index in [9.17, 15) is 9.59 Å². The van der Waals surface area contributed by atoms with Gasteiger partial charge in [0.05, 0.1) is 30.5 Å². The SMILES string of the molecule is CCOC(=O)c1c(COc2ccc(C(C)=O)cc2OC)nc2ccccc2c1C. The molecule has 6 nitrogen and oxygen atoms in total. The van der Waals surface area contributed by atoms with E-state index in [1.165, 1.54) is 14.0 Å². The van der Waals surface area contributed by atoms with Crippen molar-refractivity contribution in [1.82, 2.24) is 4.98 Å². The Morgan fingerprint density at radius 3 is 2.52 bits per heavy atom. The summed E-state index contributed by atoms with van der Waals surface area (Å²) in [6.07, 6.45) is 0. The molecule has 0 saturated heterocycles. The predicted octanol–water partition coefficient (Wildman–Crippen LogP) is 4.51. The monoisotopic (exact) mass is 393 g/mol. The number of carbonyl (C=O) groups excluding carboxylic acids is 2. The van der Waals surface area contributed by atoms with E-state index in [0.29, 0.717) is 28.3 Å². The topological polar surface area (TPSA) is 74.7 Å². The third-order valence-corrected chi connectivity index (χ3v) is 4.64. The molecule has 0 bridgehead atoms. The Balaban J connectivity index is 2.00. The fourth-order valence-electron chi connectivity index (χ4n) is 3.17. The molecule has 1 aromatic heterocycles. The Kier molecular flexibility index (Phi) is 6.12. The summed E-state index contributed by atoms with van der Waals surface area (Å²) in [4.78, 5) is 28.8. The van der Waals surface area contributed by atoms with Gasteiger partial charge in [-0.25, -0.2) is 9.78 Å². The third kappa shape index (κ3) is 4.21. The maximum absolute atomic E-state index is 12.6. The highest BCUT2D eigenvalue weighted by atomic mass is 16.5. The van der Waals surface area contributed by atoms with E-state index in [4.69, 9.17) is 14.2 Å². The lowest BCUT2D eigenvalue weighted by atomic mass is 10.0. The van der Waals surface area contributed by atoms with E-state index in [0.717, 1.165) is 16.5 Å². The fourth-order valence-corrected chi connectivity index (χ4v) is 3.17. The second-order valence-electron chi connectivity index (χ2n) is 6.51. The number of Topliss-reactive ketones (excluding diaryl/α,β-unsaturated/α-hetero) is 1. The van der Waals surface area contributed by atoms with Crippen molar-refractivity contribution in [3.8, 4) is 11.5 Å². The second-order valence-corrected chi connectivity index (χ2v) is 6.51. The molecule has 0 atom stereocenters. The van der Waals surface area contributed by atoms with Crippen LogP contribution in [0.4, 0.5) is 0 Å². The van der Waals surface area contributed by atoms with Crippen LogP contribution in [0.3, 0.4) is 0 Å². The normalized spacial score (nSPS) is 10.6. The maximum atomic E-state index is 12.6. The van der Waals surface area contributed by atoms with Gasteiger partial charge in [0, 0.05) is 10.9 Å². The molecule has 3 aromatic rings. The molecule has 1 heterocycles. The van der Waals surface area contributed by atoms with Gasteiger partial charge in [0.25, 0.3) is 0 Å². The molecular formula is C23H23NO5. The number of fused-ring (bicyclic) bond motifs is 1. The van der Waals surface area contributed by atoms with Crippen molar-refractivity contribution in [3.63, 3.8) is 0 Å². The molecule has 0 aliphatic rings. The summed E-state index contributed by atoms with van der Waals surface area (Å²) in [5, 5.41) is 0.891. The van der Waals surface area contributed by atoms with Gasteiger partial charge >= 0.3 is 5.97 Å². The van der Waals surface area contributed by atoms with Crippen LogP contribution in [0.5, 0.6) is 11.5 Å². The van der Waals surface area contributed by atoms with Crippen molar-refractivity contribution in [2.45, 2.75) is 27.4 Å². The van der Waals surface area contributed by atoms with Crippen LogP contribution in [-0.4, -0.2) is 30.5 Å². The first-order valence-corrected chi connectivity index (χ1v) is 9.33. The van der Waals surface area contributed by atoms with Gasteiger partial charge < -0.3 is 14.2 Å². The van der Waals surface area contributed by atoms with Gasteiger partial charge in [0.15, 0.2) is 17.3 Å². The lowest BCUT2D eigenvalue weighted by Gasteiger charge is -2.16. The van der Waals surface area contributed by atoms with Crippen LogP contribution < -0.4 is 9.47 Å². The van der Waals surface area contributed by atoms with Crippen molar-refractivity contribution in [2.75, 3.05) is 13.7 Å². The third-order valence-electron chi connectivity index (χ3n) is 4.64. The largest absolute Gasteiger partial charge is 0.493 e. The van der Waals surface area contributed by atoms with E-state index in [1.807, 2.05) is 31.2 Å². The number of hydrogen-bond donors (Lipinski definition) is 0. The zero-order chi connectivity index (χ0) is 21.0. The van der Waals surface area contributed by atoms with Crippen LogP contribution in [0.15, 0.2) is 42.5 Å². The zero-order valence-electron chi connectivity index (χ0n) is 16.9. The van der Waals surface area contributed by atoms with Crippen LogP contribution in [0, 0.1) is 6.92 Å². The minimum absolute atomic E-state index is 0.0512. The number of nitrogens with zero attached hydrogens (tertiary/aromatic N) is 1. The number of ether oxygens (including phenoxy) is 3. The van der Waals surface area contributed by atoms with E-state index >= 15 is 0 Å². The standard InChI is InChI=1S/C23H23NO5/c1-5-28-23(26)22-14(2)17-8-6-7-9-18(17)24-19(22)13-29-20-11-10-16(15(3)25)12-21(20)27-4/h6-12H,5,13H2,1-4H3. The highest BCUT2D eigenvalue weighted by molar-refractivity contribution is 5.98. The number of para-hydroxylation sites is 1. The highest BCUT2D eigenvalue weighted by Gasteiger charge is 2.21. The number of rotatable bonds is 7. The molecule has 3 rings (SSSR count). The molecule has 0 amide bonds. The van der Waals surface area contributed by atoms with Crippen molar-refractivity contribution in [3.05, 3.63) is 64.8 Å². The first-order chi connectivity index (χ1) is 14.0. The Morgan fingerprint density at radius 1 is 1.07 bits per heavy atom. The van der Waals surface area contributed by atoms with Gasteiger partial charge in [-0.3, -0.25) is 4.79 Å². The van der Waals surface area contributed by atoms with E-state index < -0.39 is 5.97 Å². The van der Waals surface area contributed by atoms with Gasteiger partial charge in [-0.15, -0.1) is 0 Å². The number of esters is 1. The molecule has 0 spiro atoms. The number of pyridine rings is 1. The number of methoxy groups -OCH3 is 1. The molecule has 0 fully saturated rings. The number of aromatic nitrogens is 1. The van der Waals surface area contributed by atoms with Gasteiger partial charge in [0.1, 0.15) is 6.61 Å². The van der Waals surface area contributed by atoms with Crippen molar-refractivity contribution in [1.29, 1.82) is 0 Å². The van der Waals surface area contributed by atoms with Crippen molar-refractivity contribution < 1.29 is 23.8 Å². The molecule has 0 aliphatic heterocycles. The molecule has 0 unspecified atom stereocenters. The summed E-state index contributed by atoms with van der Waals surface area (Å²) in [5.41, 5.74) is 2.99. The van der Waals surface area contributed by atoms with Gasteiger partial charge in [-0.05, 0) is 50.6 Å². The second kappa shape index (κ2) is 8.73. The molecule has 2 aromatic carbocycles. The Hall–Kier alpha value is -3.41. The first-order valence-electron chi connectivity index (χ1n) is 9.33. The smallest absolute Gasteiger partial charge is 0.340 e.